The first-order valence-electron chi connectivity index (χ1n) is 7.82. The Hall–Kier alpha value is -1.34. The first-order valence-corrected chi connectivity index (χ1v) is 7.82. The Morgan fingerprint density at radius 1 is 1.50 bits per heavy atom. The molecule has 0 bridgehead atoms. The van der Waals surface area contributed by atoms with Crippen LogP contribution in [0.2, 0.25) is 0 Å². The van der Waals surface area contributed by atoms with Gasteiger partial charge in [0.25, 0.3) is 0 Å². The molecule has 0 amide bonds. The van der Waals surface area contributed by atoms with Crippen molar-refractivity contribution in [2.24, 2.45) is 5.73 Å². The Bertz CT molecular complexity index is 456. The smallest absolute Gasteiger partial charge is 0.126 e. The van der Waals surface area contributed by atoms with Crippen LogP contribution in [0, 0.1) is 0 Å². The molecule has 1 aromatic rings. The Balaban J connectivity index is 1.78. The zero-order valence-electron chi connectivity index (χ0n) is 13.1. The van der Waals surface area contributed by atoms with Crippen LogP contribution in [0.15, 0.2) is 18.2 Å². The standard InChI is InChI=1S/C16H26N2O4/c1-2-20-11-15-8-12-7-14(3-4-16(12)22-15)21-10-13(19)9-18-6-5-17/h3-4,7,13,15,18-19H,2,5-6,8-11,17H2,1H3. The largest absolute Gasteiger partial charge is 0.491 e. The number of rotatable bonds is 10. The van der Waals surface area contributed by atoms with Crippen LogP contribution in [-0.4, -0.2) is 56.8 Å². The van der Waals surface area contributed by atoms with Gasteiger partial charge in [0.2, 0.25) is 0 Å². The molecule has 2 rings (SSSR count). The van der Waals surface area contributed by atoms with E-state index in [9.17, 15) is 5.11 Å². The SMILES string of the molecule is CCOCC1Cc2cc(OCC(O)CNCCN)ccc2O1. The molecule has 0 radical (unpaired) electrons. The Morgan fingerprint density at radius 2 is 2.36 bits per heavy atom. The molecule has 0 fully saturated rings. The molecule has 0 aliphatic carbocycles. The van der Waals surface area contributed by atoms with E-state index in [2.05, 4.69) is 5.32 Å². The lowest BCUT2D eigenvalue weighted by Gasteiger charge is -2.13. The summed E-state index contributed by atoms with van der Waals surface area (Å²) in [5, 5.41) is 12.8. The van der Waals surface area contributed by atoms with Gasteiger partial charge in [-0.2, -0.15) is 0 Å². The zero-order valence-corrected chi connectivity index (χ0v) is 13.1. The minimum Gasteiger partial charge on any atom is -0.491 e. The highest BCUT2D eigenvalue weighted by Crippen LogP contribution is 2.32. The molecule has 1 aliphatic rings. The first-order chi connectivity index (χ1) is 10.7. The van der Waals surface area contributed by atoms with E-state index in [1.54, 1.807) is 0 Å². The molecule has 22 heavy (non-hydrogen) atoms. The van der Waals surface area contributed by atoms with Crippen molar-refractivity contribution < 1.29 is 19.3 Å². The number of nitrogens with two attached hydrogens (primary N) is 1. The van der Waals surface area contributed by atoms with Crippen LogP contribution in [0.5, 0.6) is 11.5 Å². The van der Waals surface area contributed by atoms with Crippen LogP contribution in [-0.2, 0) is 11.2 Å². The van der Waals surface area contributed by atoms with Crippen molar-refractivity contribution in [3.05, 3.63) is 23.8 Å². The van der Waals surface area contributed by atoms with Crippen LogP contribution in [0.1, 0.15) is 12.5 Å². The van der Waals surface area contributed by atoms with Crippen LogP contribution < -0.4 is 20.5 Å². The van der Waals surface area contributed by atoms with E-state index >= 15 is 0 Å². The molecule has 6 nitrogen and oxygen atoms in total. The molecule has 1 aromatic carbocycles. The molecule has 0 saturated carbocycles. The Kier molecular flexibility index (Phi) is 6.92. The highest BCUT2D eigenvalue weighted by atomic mass is 16.5. The molecule has 1 heterocycles. The van der Waals surface area contributed by atoms with Gasteiger partial charge < -0.3 is 30.4 Å². The molecule has 6 heteroatoms. The summed E-state index contributed by atoms with van der Waals surface area (Å²) >= 11 is 0. The Labute approximate surface area is 131 Å². The van der Waals surface area contributed by atoms with Gasteiger partial charge in [0.1, 0.15) is 30.3 Å². The first kappa shape index (κ1) is 17.0. The average molecular weight is 310 g/mol. The van der Waals surface area contributed by atoms with Crippen molar-refractivity contribution in [3.63, 3.8) is 0 Å². The number of fused-ring (bicyclic) bond motifs is 1. The lowest BCUT2D eigenvalue weighted by molar-refractivity contribution is 0.0679. The van der Waals surface area contributed by atoms with Gasteiger partial charge in [0, 0.05) is 38.2 Å². The van der Waals surface area contributed by atoms with Gasteiger partial charge in [-0.1, -0.05) is 0 Å². The lowest BCUT2D eigenvalue weighted by Crippen LogP contribution is -2.34. The highest BCUT2D eigenvalue weighted by Gasteiger charge is 2.23. The number of ether oxygens (including phenoxy) is 3. The molecular weight excluding hydrogens is 284 g/mol. The maximum atomic E-state index is 9.80. The van der Waals surface area contributed by atoms with E-state index in [1.165, 1.54) is 0 Å². The molecule has 2 unspecified atom stereocenters. The third kappa shape index (κ3) is 5.14. The lowest BCUT2D eigenvalue weighted by atomic mass is 10.1. The van der Waals surface area contributed by atoms with Crippen molar-refractivity contribution in [2.75, 3.05) is 39.5 Å². The molecule has 2 atom stereocenters. The molecule has 1 aliphatic heterocycles. The fourth-order valence-corrected chi connectivity index (χ4v) is 2.35. The van der Waals surface area contributed by atoms with Crippen molar-refractivity contribution in [3.8, 4) is 11.5 Å². The van der Waals surface area contributed by atoms with Crippen molar-refractivity contribution in [2.45, 2.75) is 25.6 Å². The summed E-state index contributed by atoms with van der Waals surface area (Å²) in [6, 6.07) is 5.75. The summed E-state index contributed by atoms with van der Waals surface area (Å²) in [6.07, 6.45) is 0.352. The molecular formula is C16H26N2O4. The fraction of sp³-hybridized carbons (Fsp3) is 0.625. The van der Waals surface area contributed by atoms with Crippen LogP contribution in [0.25, 0.3) is 0 Å². The predicted octanol–water partition coefficient (Wildman–Crippen LogP) is 0.315. The zero-order chi connectivity index (χ0) is 15.8. The normalized spacial score (nSPS) is 17.9. The van der Waals surface area contributed by atoms with E-state index in [0.29, 0.717) is 32.8 Å². The third-order valence-electron chi connectivity index (χ3n) is 3.42. The average Bonchev–Trinajstić information content (AvgIpc) is 2.93. The summed E-state index contributed by atoms with van der Waals surface area (Å²) < 4.78 is 16.8. The van der Waals surface area contributed by atoms with Crippen LogP contribution in [0.4, 0.5) is 0 Å². The second-order valence-corrected chi connectivity index (χ2v) is 5.33. The summed E-state index contributed by atoms with van der Waals surface area (Å²) in [7, 11) is 0. The second-order valence-electron chi connectivity index (χ2n) is 5.33. The number of hydrogen-bond donors (Lipinski definition) is 3. The number of aliphatic hydroxyl groups is 1. The highest BCUT2D eigenvalue weighted by molar-refractivity contribution is 5.43. The van der Waals surface area contributed by atoms with Crippen LogP contribution >= 0.6 is 0 Å². The fourth-order valence-electron chi connectivity index (χ4n) is 2.35. The number of aliphatic hydroxyl groups excluding tert-OH is 1. The van der Waals surface area contributed by atoms with Gasteiger partial charge in [-0.05, 0) is 25.1 Å². The molecule has 0 aromatic heterocycles. The molecule has 0 spiro atoms. The van der Waals surface area contributed by atoms with Crippen molar-refractivity contribution in [1.82, 2.24) is 5.32 Å². The van der Waals surface area contributed by atoms with E-state index in [4.69, 9.17) is 19.9 Å². The second kappa shape index (κ2) is 8.95. The monoisotopic (exact) mass is 310 g/mol. The Morgan fingerprint density at radius 3 is 3.14 bits per heavy atom. The predicted molar refractivity (Wildman–Crippen MR) is 84.5 cm³/mol. The maximum absolute atomic E-state index is 9.80. The molecule has 4 N–H and O–H groups in total. The summed E-state index contributed by atoms with van der Waals surface area (Å²) in [6.45, 7) is 5.24. The van der Waals surface area contributed by atoms with Crippen LogP contribution in [0.3, 0.4) is 0 Å². The van der Waals surface area contributed by atoms with Gasteiger partial charge in [-0.3, -0.25) is 0 Å². The third-order valence-corrected chi connectivity index (χ3v) is 3.42. The number of benzene rings is 1. The number of nitrogens with one attached hydrogen (secondary N) is 1. The van der Waals surface area contributed by atoms with Gasteiger partial charge in [0.05, 0.1) is 6.61 Å². The van der Waals surface area contributed by atoms with E-state index in [0.717, 1.165) is 23.5 Å². The van der Waals surface area contributed by atoms with E-state index in [-0.39, 0.29) is 12.7 Å². The number of hydrogen-bond acceptors (Lipinski definition) is 6. The maximum Gasteiger partial charge on any atom is 0.126 e. The quantitative estimate of drug-likeness (QED) is 0.540. The van der Waals surface area contributed by atoms with E-state index in [1.807, 2.05) is 25.1 Å². The molecule has 124 valence electrons. The van der Waals surface area contributed by atoms with Gasteiger partial charge >= 0.3 is 0 Å². The van der Waals surface area contributed by atoms with Gasteiger partial charge in [-0.15, -0.1) is 0 Å². The van der Waals surface area contributed by atoms with Gasteiger partial charge in [0.15, 0.2) is 0 Å². The summed E-state index contributed by atoms with van der Waals surface area (Å²) in [4.78, 5) is 0. The van der Waals surface area contributed by atoms with Gasteiger partial charge in [-0.25, -0.2) is 0 Å². The van der Waals surface area contributed by atoms with Crippen molar-refractivity contribution >= 4 is 0 Å². The van der Waals surface area contributed by atoms with E-state index < -0.39 is 6.10 Å². The minimum atomic E-state index is -0.554. The minimum absolute atomic E-state index is 0.0799. The summed E-state index contributed by atoms with van der Waals surface area (Å²) in [5.74, 6) is 1.64. The summed E-state index contributed by atoms with van der Waals surface area (Å²) in [5.41, 5.74) is 6.50. The van der Waals surface area contributed by atoms with Crippen molar-refractivity contribution in [1.29, 1.82) is 0 Å². The molecule has 0 saturated heterocycles. The topological polar surface area (TPSA) is 86.0 Å².